The molecule has 0 bridgehead atoms. The fourth-order valence-electron chi connectivity index (χ4n) is 2.63. The summed E-state index contributed by atoms with van der Waals surface area (Å²) in [6, 6.07) is 22.4. The van der Waals surface area contributed by atoms with Gasteiger partial charge in [-0.2, -0.15) is 0 Å². The monoisotopic (exact) mass is 423 g/mol. The molecule has 0 aliphatic heterocycles. The highest BCUT2D eigenvalue weighted by atomic mass is 32.2. The van der Waals surface area contributed by atoms with Crippen molar-refractivity contribution in [2.45, 2.75) is 17.9 Å². The number of hydrogen-bond donors (Lipinski definition) is 2. The van der Waals surface area contributed by atoms with Crippen molar-refractivity contribution in [3.8, 4) is 11.5 Å². The van der Waals surface area contributed by atoms with E-state index in [4.69, 9.17) is 9.84 Å². The molecule has 0 aliphatic rings. The molecule has 1 amide bonds. The topological polar surface area (TPSA) is 92.7 Å². The molecule has 0 radical (unpaired) electrons. The maximum atomic E-state index is 12.5. The molecule has 0 fully saturated rings. The number of hydrogen-bond acceptors (Lipinski definition) is 4. The summed E-state index contributed by atoms with van der Waals surface area (Å²) in [5, 5.41) is 11.0. The van der Waals surface area contributed by atoms with Crippen LogP contribution in [0.15, 0.2) is 78.9 Å². The Bertz CT molecular complexity index is 1030. The Morgan fingerprint density at radius 3 is 2.13 bits per heavy atom. The minimum Gasteiger partial charge on any atom is -0.478 e. The van der Waals surface area contributed by atoms with Gasteiger partial charge in [-0.05, 0) is 61.0 Å². The Hall–Kier alpha value is -3.45. The lowest BCUT2D eigenvalue weighted by Gasteiger charge is -2.13. The number of ether oxygens (including phenoxy) is 1. The third-order valence-corrected chi connectivity index (χ3v) is 5.99. The first-order valence-corrected chi connectivity index (χ1v) is 10.6. The Kier molecular flexibility index (Phi) is 6.98. The van der Waals surface area contributed by atoms with Gasteiger partial charge >= 0.3 is 5.97 Å². The van der Waals surface area contributed by atoms with Crippen LogP contribution in [0, 0.1) is 0 Å². The molecule has 7 heteroatoms. The van der Waals surface area contributed by atoms with Crippen LogP contribution in [0.1, 0.15) is 22.8 Å². The van der Waals surface area contributed by atoms with Crippen LogP contribution in [0.4, 0.5) is 5.69 Å². The molecular weight excluding hydrogens is 402 g/mol. The number of carbonyl (C=O) groups is 2. The molecular formula is C23H21NO5S. The van der Waals surface area contributed by atoms with Gasteiger partial charge in [0.1, 0.15) is 16.7 Å². The largest absolute Gasteiger partial charge is 0.478 e. The summed E-state index contributed by atoms with van der Waals surface area (Å²) in [5.74, 6) is 0.149. The fraction of sp³-hybridized carbons (Fsp3) is 0.130. The van der Waals surface area contributed by atoms with Gasteiger partial charge in [0.15, 0.2) is 0 Å². The minimum atomic E-state index is -1.45. The summed E-state index contributed by atoms with van der Waals surface area (Å²) in [6.07, 6.45) is 0. The quantitative estimate of drug-likeness (QED) is 0.558. The first-order valence-electron chi connectivity index (χ1n) is 9.25. The van der Waals surface area contributed by atoms with Crippen molar-refractivity contribution in [1.29, 1.82) is 0 Å². The Balaban J connectivity index is 1.55. The van der Waals surface area contributed by atoms with Crippen LogP contribution in [0.5, 0.6) is 11.5 Å². The van der Waals surface area contributed by atoms with Crippen molar-refractivity contribution >= 4 is 28.4 Å². The van der Waals surface area contributed by atoms with E-state index < -0.39 is 22.0 Å². The Labute approximate surface area is 177 Å². The van der Waals surface area contributed by atoms with Crippen LogP contribution < -0.4 is 10.1 Å². The second-order valence-electron chi connectivity index (χ2n) is 6.60. The van der Waals surface area contributed by atoms with E-state index in [9.17, 15) is 13.8 Å². The number of carboxylic acid groups (broad SMARTS) is 1. The average Bonchev–Trinajstić information content (AvgIpc) is 2.75. The number of amides is 1. The van der Waals surface area contributed by atoms with E-state index in [1.165, 1.54) is 12.1 Å². The second-order valence-corrected chi connectivity index (χ2v) is 8.36. The first-order chi connectivity index (χ1) is 14.4. The van der Waals surface area contributed by atoms with Gasteiger partial charge in [0, 0.05) is 22.2 Å². The van der Waals surface area contributed by atoms with Gasteiger partial charge in [-0.15, -0.1) is 0 Å². The number of aromatic carboxylic acids is 1. The maximum absolute atomic E-state index is 12.5. The van der Waals surface area contributed by atoms with E-state index in [2.05, 4.69) is 5.32 Å². The van der Waals surface area contributed by atoms with Crippen molar-refractivity contribution < 1.29 is 23.6 Å². The van der Waals surface area contributed by atoms with E-state index in [0.717, 1.165) is 5.75 Å². The van der Waals surface area contributed by atoms with Crippen LogP contribution >= 0.6 is 0 Å². The molecule has 0 spiro atoms. The summed E-state index contributed by atoms with van der Waals surface area (Å²) in [7, 11) is -1.45. The lowest BCUT2D eigenvalue weighted by molar-refractivity contribution is -0.115. The first kappa shape index (κ1) is 21.3. The molecule has 3 aromatic rings. The van der Waals surface area contributed by atoms with Crippen molar-refractivity contribution in [2.75, 3.05) is 5.32 Å². The highest BCUT2D eigenvalue weighted by Crippen LogP contribution is 2.23. The SMILES string of the molecule is CC(C(=O)Nc1ccc(Oc2ccccc2)cc1)S(=O)Cc1ccc(C(=O)O)cc1. The van der Waals surface area contributed by atoms with Crippen LogP contribution in [0.2, 0.25) is 0 Å². The molecule has 0 heterocycles. The maximum Gasteiger partial charge on any atom is 0.335 e. The molecule has 3 aromatic carbocycles. The molecule has 154 valence electrons. The van der Waals surface area contributed by atoms with Gasteiger partial charge < -0.3 is 15.2 Å². The third kappa shape index (κ3) is 5.78. The zero-order valence-corrected chi connectivity index (χ0v) is 17.1. The van der Waals surface area contributed by atoms with Crippen LogP contribution in [0.3, 0.4) is 0 Å². The molecule has 2 unspecified atom stereocenters. The van der Waals surface area contributed by atoms with Gasteiger partial charge in [-0.3, -0.25) is 9.00 Å². The normalized spacial score (nSPS) is 12.6. The van der Waals surface area contributed by atoms with Crippen molar-refractivity contribution in [3.63, 3.8) is 0 Å². The third-order valence-electron chi connectivity index (χ3n) is 4.37. The molecule has 30 heavy (non-hydrogen) atoms. The number of anilines is 1. The van der Waals surface area contributed by atoms with Crippen molar-refractivity contribution in [2.24, 2.45) is 0 Å². The average molecular weight is 423 g/mol. The van der Waals surface area contributed by atoms with Gasteiger partial charge in [0.05, 0.1) is 5.56 Å². The highest BCUT2D eigenvalue weighted by molar-refractivity contribution is 7.85. The summed E-state index contributed by atoms with van der Waals surface area (Å²) in [6.45, 7) is 1.60. The molecule has 0 aromatic heterocycles. The number of benzene rings is 3. The van der Waals surface area contributed by atoms with E-state index in [0.29, 0.717) is 17.0 Å². The summed E-state index contributed by atoms with van der Waals surface area (Å²) >= 11 is 0. The number of nitrogens with one attached hydrogen (secondary N) is 1. The standard InChI is InChI=1S/C23H21NO5S/c1-16(30(28)15-17-7-9-18(10-8-17)23(26)27)22(25)24-19-11-13-21(14-12-19)29-20-5-3-2-4-6-20/h2-14,16H,15H2,1H3,(H,24,25)(H,26,27). The van der Waals surface area contributed by atoms with Gasteiger partial charge in [0.2, 0.25) is 5.91 Å². The zero-order chi connectivity index (χ0) is 21.5. The lowest BCUT2D eigenvalue weighted by atomic mass is 10.1. The highest BCUT2D eigenvalue weighted by Gasteiger charge is 2.20. The lowest BCUT2D eigenvalue weighted by Crippen LogP contribution is -2.29. The van der Waals surface area contributed by atoms with E-state index in [1.54, 1.807) is 43.3 Å². The minimum absolute atomic E-state index is 0.162. The predicted molar refractivity (Wildman–Crippen MR) is 116 cm³/mol. The summed E-state index contributed by atoms with van der Waals surface area (Å²) in [5.41, 5.74) is 1.45. The van der Waals surface area contributed by atoms with E-state index >= 15 is 0 Å². The number of para-hydroxylation sites is 1. The molecule has 6 nitrogen and oxygen atoms in total. The zero-order valence-electron chi connectivity index (χ0n) is 16.3. The summed E-state index contributed by atoms with van der Waals surface area (Å²) < 4.78 is 18.2. The molecule has 0 saturated heterocycles. The number of rotatable bonds is 8. The number of carboxylic acids is 1. The summed E-state index contributed by atoms with van der Waals surface area (Å²) in [4.78, 5) is 23.3. The van der Waals surface area contributed by atoms with Crippen LogP contribution in [-0.4, -0.2) is 26.4 Å². The molecule has 2 atom stereocenters. The van der Waals surface area contributed by atoms with Crippen molar-refractivity contribution in [3.05, 3.63) is 90.0 Å². The van der Waals surface area contributed by atoms with Crippen LogP contribution in [-0.2, 0) is 21.3 Å². The van der Waals surface area contributed by atoms with Crippen LogP contribution in [0.25, 0.3) is 0 Å². The van der Waals surface area contributed by atoms with Gasteiger partial charge in [-0.1, -0.05) is 30.3 Å². The van der Waals surface area contributed by atoms with Gasteiger partial charge in [-0.25, -0.2) is 4.79 Å². The van der Waals surface area contributed by atoms with Gasteiger partial charge in [0.25, 0.3) is 0 Å². The predicted octanol–water partition coefficient (Wildman–Crippen LogP) is 4.45. The van der Waals surface area contributed by atoms with Crippen molar-refractivity contribution in [1.82, 2.24) is 0 Å². The molecule has 0 aliphatic carbocycles. The second kappa shape index (κ2) is 9.84. The molecule has 3 rings (SSSR count). The van der Waals surface area contributed by atoms with E-state index in [1.807, 2.05) is 30.3 Å². The Morgan fingerprint density at radius 1 is 0.933 bits per heavy atom. The number of carbonyl (C=O) groups excluding carboxylic acids is 1. The molecule has 0 saturated carbocycles. The Morgan fingerprint density at radius 2 is 1.53 bits per heavy atom. The fourth-order valence-corrected chi connectivity index (χ4v) is 3.70. The van der Waals surface area contributed by atoms with E-state index in [-0.39, 0.29) is 17.2 Å². The molecule has 2 N–H and O–H groups in total. The smallest absolute Gasteiger partial charge is 0.335 e.